The molecule has 9 heteroatoms. The molecule has 0 spiro atoms. The molecule has 37 heavy (non-hydrogen) atoms. The Morgan fingerprint density at radius 3 is 2.46 bits per heavy atom. The van der Waals surface area contributed by atoms with E-state index in [2.05, 4.69) is 20.2 Å². The minimum absolute atomic E-state index is 0.208. The van der Waals surface area contributed by atoms with Crippen molar-refractivity contribution in [2.24, 2.45) is 0 Å². The molecule has 0 atom stereocenters. The first-order valence-electron chi connectivity index (χ1n) is 12.6. The number of hydrogen-bond acceptors (Lipinski definition) is 6. The summed E-state index contributed by atoms with van der Waals surface area (Å²) in [5, 5.41) is 4.78. The van der Waals surface area contributed by atoms with E-state index < -0.39 is 0 Å². The van der Waals surface area contributed by atoms with Gasteiger partial charge in [-0.25, -0.2) is 4.98 Å². The van der Waals surface area contributed by atoms with E-state index in [4.69, 9.17) is 27.9 Å². The number of nitrogens with zero attached hydrogens (tertiary/aromatic N) is 4. The van der Waals surface area contributed by atoms with Crippen molar-refractivity contribution in [1.82, 2.24) is 19.4 Å². The van der Waals surface area contributed by atoms with Gasteiger partial charge >= 0.3 is 0 Å². The van der Waals surface area contributed by atoms with Gasteiger partial charge in [0.25, 0.3) is 5.56 Å². The molecule has 1 fully saturated rings. The van der Waals surface area contributed by atoms with Gasteiger partial charge in [-0.3, -0.25) is 14.3 Å². The summed E-state index contributed by atoms with van der Waals surface area (Å²) >= 11 is 12.8. The first-order valence-corrected chi connectivity index (χ1v) is 13.4. The normalized spacial score (nSPS) is 14.1. The van der Waals surface area contributed by atoms with E-state index in [0.717, 1.165) is 23.4 Å². The Labute approximate surface area is 226 Å². The predicted molar refractivity (Wildman–Crippen MR) is 150 cm³/mol. The van der Waals surface area contributed by atoms with Gasteiger partial charge in [-0.2, -0.15) is 4.98 Å². The Morgan fingerprint density at radius 2 is 1.76 bits per heavy atom. The lowest BCUT2D eigenvalue weighted by Gasteiger charge is -2.26. The second-order valence-electron chi connectivity index (χ2n) is 9.08. The van der Waals surface area contributed by atoms with Gasteiger partial charge < -0.3 is 10.1 Å². The summed E-state index contributed by atoms with van der Waals surface area (Å²) in [6, 6.07) is 14.7. The van der Waals surface area contributed by atoms with E-state index in [1.54, 1.807) is 35.0 Å². The first-order chi connectivity index (χ1) is 18.0. The van der Waals surface area contributed by atoms with Crippen LogP contribution in [-0.2, 0) is 6.54 Å². The fourth-order valence-corrected chi connectivity index (χ4v) is 5.29. The van der Waals surface area contributed by atoms with Gasteiger partial charge in [0.15, 0.2) is 0 Å². The highest BCUT2D eigenvalue weighted by molar-refractivity contribution is 6.39. The summed E-state index contributed by atoms with van der Waals surface area (Å²) in [7, 11) is 0. The highest BCUT2D eigenvalue weighted by Crippen LogP contribution is 2.34. The maximum atomic E-state index is 13.4. The smallest absolute Gasteiger partial charge is 0.260 e. The average Bonchev–Trinajstić information content (AvgIpc) is 2.91. The molecule has 5 rings (SSSR count). The summed E-state index contributed by atoms with van der Waals surface area (Å²) in [6.45, 7) is 6.30. The Bertz CT molecular complexity index is 1430. The van der Waals surface area contributed by atoms with Gasteiger partial charge in [0.2, 0.25) is 5.95 Å². The molecule has 2 aromatic carbocycles. The lowest BCUT2D eigenvalue weighted by molar-refractivity contribution is 0.183. The topological polar surface area (TPSA) is 72.3 Å². The number of benzene rings is 2. The number of ether oxygens (including phenoxy) is 1. The lowest BCUT2D eigenvalue weighted by Crippen LogP contribution is -2.33. The lowest BCUT2D eigenvalue weighted by atomic mass is 10.1. The molecular weight excluding hydrogens is 509 g/mol. The molecule has 1 N–H and O–H groups in total. The molecule has 7 nitrogen and oxygen atoms in total. The molecule has 0 bridgehead atoms. The number of anilines is 2. The molecule has 1 aliphatic rings. The monoisotopic (exact) mass is 537 g/mol. The maximum absolute atomic E-state index is 13.4. The van der Waals surface area contributed by atoms with Crippen molar-refractivity contribution in [2.45, 2.75) is 32.7 Å². The molecule has 192 valence electrons. The van der Waals surface area contributed by atoms with E-state index >= 15 is 0 Å². The van der Waals surface area contributed by atoms with Crippen LogP contribution in [0.15, 0.2) is 59.5 Å². The number of aryl methyl sites for hydroxylation is 1. The van der Waals surface area contributed by atoms with Gasteiger partial charge in [-0.15, -0.1) is 0 Å². The van der Waals surface area contributed by atoms with Crippen LogP contribution in [-0.4, -0.2) is 45.7 Å². The van der Waals surface area contributed by atoms with Crippen LogP contribution in [0.5, 0.6) is 5.75 Å². The number of hydrogen-bond donors (Lipinski definition) is 1. The molecule has 0 unspecified atom stereocenters. The van der Waals surface area contributed by atoms with Crippen LogP contribution >= 0.6 is 23.2 Å². The van der Waals surface area contributed by atoms with Crippen molar-refractivity contribution in [3.8, 4) is 16.9 Å². The molecule has 1 aliphatic heterocycles. The molecular formula is C28H29Cl2N5O2. The number of nitrogens with one attached hydrogen (secondary N) is 1. The van der Waals surface area contributed by atoms with Crippen LogP contribution in [0.1, 0.15) is 26.2 Å². The van der Waals surface area contributed by atoms with E-state index in [1.807, 2.05) is 31.2 Å². The van der Waals surface area contributed by atoms with Crippen LogP contribution in [0.3, 0.4) is 0 Å². The molecule has 2 aromatic heterocycles. The molecule has 4 aromatic rings. The zero-order valence-corrected chi connectivity index (χ0v) is 22.2. The first kappa shape index (κ1) is 25.5. The van der Waals surface area contributed by atoms with Crippen molar-refractivity contribution >= 4 is 45.9 Å². The number of piperidine rings is 1. The van der Waals surface area contributed by atoms with Crippen LogP contribution < -0.4 is 15.6 Å². The third kappa shape index (κ3) is 5.74. The van der Waals surface area contributed by atoms with E-state index in [-0.39, 0.29) is 5.56 Å². The van der Waals surface area contributed by atoms with Gasteiger partial charge in [-0.05, 0) is 75.3 Å². The summed E-state index contributed by atoms with van der Waals surface area (Å²) < 4.78 is 7.53. The number of halogens is 2. The Morgan fingerprint density at radius 1 is 1.03 bits per heavy atom. The van der Waals surface area contributed by atoms with E-state index in [1.165, 1.54) is 32.4 Å². The highest BCUT2D eigenvalue weighted by atomic mass is 35.5. The summed E-state index contributed by atoms with van der Waals surface area (Å²) in [5.41, 5.74) is 2.09. The van der Waals surface area contributed by atoms with E-state index in [0.29, 0.717) is 45.9 Å². The van der Waals surface area contributed by atoms with Crippen molar-refractivity contribution < 1.29 is 4.74 Å². The summed E-state index contributed by atoms with van der Waals surface area (Å²) in [6.07, 6.45) is 5.59. The number of pyridine rings is 1. The quantitative estimate of drug-likeness (QED) is 0.280. The fraction of sp³-hybridized carbons (Fsp3) is 0.321. The minimum atomic E-state index is -0.208. The van der Waals surface area contributed by atoms with Crippen LogP contribution in [0.2, 0.25) is 10.0 Å². The third-order valence-electron chi connectivity index (χ3n) is 6.61. The van der Waals surface area contributed by atoms with Crippen molar-refractivity contribution in [1.29, 1.82) is 0 Å². The average molecular weight is 538 g/mol. The van der Waals surface area contributed by atoms with Crippen molar-refractivity contribution in [2.75, 3.05) is 31.6 Å². The third-order valence-corrected chi connectivity index (χ3v) is 7.24. The number of fused-ring (bicyclic) bond motifs is 1. The standard InChI is InChI=1S/C28H29Cl2N5O2/c1-2-35-26-19(17-22(27(35)36)25-23(29)7-6-8-24(25)30)18-31-28(33-26)32-20-9-11-21(12-10-20)37-16-15-34-13-4-3-5-14-34/h6-12,17-18H,2-5,13-16H2,1H3,(H,31,32,33). The second-order valence-corrected chi connectivity index (χ2v) is 9.89. The predicted octanol–water partition coefficient (Wildman–Crippen LogP) is 6.39. The Balaban J connectivity index is 1.33. The molecule has 0 amide bonds. The van der Waals surface area contributed by atoms with Gasteiger partial charge in [0.1, 0.15) is 18.0 Å². The SMILES string of the molecule is CCn1c(=O)c(-c2c(Cl)cccc2Cl)cc2cnc(Nc3ccc(OCCN4CCCCC4)cc3)nc21. The van der Waals surface area contributed by atoms with Gasteiger partial charge in [-0.1, -0.05) is 35.7 Å². The van der Waals surface area contributed by atoms with Gasteiger partial charge in [0, 0.05) is 35.9 Å². The number of rotatable bonds is 8. The second kappa shape index (κ2) is 11.5. The maximum Gasteiger partial charge on any atom is 0.260 e. The zero-order chi connectivity index (χ0) is 25.8. The molecule has 1 saturated heterocycles. The minimum Gasteiger partial charge on any atom is -0.492 e. The van der Waals surface area contributed by atoms with Crippen LogP contribution in [0.4, 0.5) is 11.6 Å². The molecule has 0 saturated carbocycles. The number of likely N-dealkylation sites (tertiary alicyclic amines) is 1. The number of aromatic nitrogens is 3. The zero-order valence-electron chi connectivity index (χ0n) is 20.7. The molecule has 3 heterocycles. The fourth-order valence-electron chi connectivity index (χ4n) is 4.69. The highest BCUT2D eigenvalue weighted by Gasteiger charge is 2.17. The van der Waals surface area contributed by atoms with Crippen LogP contribution in [0, 0.1) is 0 Å². The summed E-state index contributed by atoms with van der Waals surface area (Å²) in [5.74, 6) is 1.23. The van der Waals surface area contributed by atoms with Gasteiger partial charge in [0.05, 0.1) is 15.6 Å². The van der Waals surface area contributed by atoms with Crippen molar-refractivity contribution in [3.63, 3.8) is 0 Å². The van der Waals surface area contributed by atoms with Crippen molar-refractivity contribution in [3.05, 3.63) is 75.1 Å². The Hall–Kier alpha value is -3.13. The largest absolute Gasteiger partial charge is 0.492 e. The molecule has 0 radical (unpaired) electrons. The molecule has 0 aliphatic carbocycles. The van der Waals surface area contributed by atoms with E-state index in [9.17, 15) is 4.79 Å². The van der Waals surface area contributed by atoms with Crippen LogP contribution in [0.25, 0.3) is 22.2 Å². The summed E-state index contributed by atoms with van der Waals surface area (Å²) in [4.78, 5) is 24.9. The Kier molecular flexibility index (Phi) is 7.93.